The van der Waals surface area contributed by atoms with Crippen molar-refractivity contribution in [3.05, 3.63) is 41.2 Å². The zero-order valence-electron chi connectivity index (χ0n) is 15.0. The van der Waals surface area contributed by atoms with Gasteiger partial charge in [0.1, 0.15) is 4.88 Å². The van der Waals surface area contributed by atoms with Crippen molar-refractivity contribution < 1.29 is 4.79 Å². The average Bonchev–Trinajstić information content (AvgIpc) is 3.30. The van der Waals surface area contributed by atoms with Crippen molar-refractivity contribution in [2.45, 2.75) is 39.2 Å². The fourth-order valence-electron chi connectivity index (χ4n) is 3.67. The number of benzene rings is 1. The molecule has 1 amide bonds. The number of hydrogen-bond donors (Lipinski definition) is 0. The smallest absolute Gasteiger partial charge is 0.267 e. The molecule has 1 saturated heterocycles. The van der Waals surface area contributed by atoms with E-state index in [2.05, 4.69) is 38.2 Å². The first-order chi connectivity index (χ1) is 12.8. The van der Waals surface area contributed by atoms with E-state index < -0.39 is 0 Å². The number of amides is 1. The number of nitrogens with zero attached hydrogens (tertiary/aromatic N) is 5. The molecule has 0 aliphatic carbocycles. The summed E-state index contributed by atoms with van der Waals surface area (Å²) in [4.78, 5) is 20.0. The number of carbonyl (C=O) groups excluding carboxylic acids is 1. The maximum atomic E-state index is 12.8. The topological polar surface area (TPSA) is 63.9 Å². The summed E-state index contributed by atoms with van der Waals surface area (Å²) in [6, 6.07) is 8.24. The third-order valence-corrected chi connectivity index (χ3v) is 5.88. The van der Waals surface area contributed by atoms with Crippen LogP contribution in [0.1, 0.15) is 41.6 Å². The molecule has 3 aromatic rings. The van der Waals surface area contributed by atoms with Crippen molar-refractivity contribution in [2.24, 2.45) is 5.92 Å². The van der Waals surface area contributed by atoms with Crippen LogP contribution in [0, 0.1) is 5.92 Å². The third kappa shape index (κ3) is 3.35. The number of aromatic nitrogens is 4. The normalized spacial score (nSPS) is 15.7. The summed E-state index contributed by atoms with van der Waals surface area (Å²) < 4.78 is 6.22. The Morgan fingerprint density at radius 2 is 2.08 bits per heavy atom. The van der Waals surface area contributed by atoms with Crippen LogP contribution in [0.5, 0.6) is 0 Å². The van der Waals surface area contributed by atoms with Crippen molar-refractivity contribution in [2.75, 3.05) is 13.1 Å². The molecular formula is C19H23N5OS. The van der Waals surface area contributed by atoms with Gasteiger partial charge >= 0.3 is 0 Å². The van der Waals surface area contributed by atoms with Gasteiger partial charge in [-0.05, 0) is 48.8 Å². The second-order valence-electron chi connectivity index (χ2n) is 6.92. The summed E-state index contributed by atoms with van der Waals surface area (Å²) in [5.41, 5.74) is 3.08. The molecule has 0 bridgehead atoms. The van der Waals surface area contributed by atoms with E-state index in [1.165, 1.54) is 17.0 Å². The number of carbonyl (C=O) groups is 1. The van der Waals surface area contributed by atoms with E-state index in [0.717, 1.165) is 61.4 Å². The van der Waals surface area contributed by atoms with Gasteiger partial charge in [-0.15, -0.1) is 5.10 Å². The molecule has 26 heavy (non-hydrogen) atoms. The zero-order valence-corrected chi connectivity index (χ0v) is 15.8. The molecule has 6 nitrogen and oxygen atoms in total. The number of likely N-dealkylation sites (tertiary alicyclic amines) is 1. The molecule has 0 spiro atoms. The summed E-state index contributed by atoms with van der Waals surface area (Å²) >= 11 is 1.23. The van der Waals surface area contributed by atoms with Gasteiger partial charge in [0.25, 0.3) is 5.91 Å². The third-order valence-electron chi connectivity index (χ3n) is 5.12. The van der Waals surface area contributed by atoms with Crippen molar-refractivity contribution in [3.8, 4) is 0 Å². The summed E-state index contributed by atoms with van der Waals surface area (Å²) in [5, 5.41) is 4.13. The van der Waals surface area contributed by atoms with E-state index in [-0.39, 0.29) is 5.91 Å². The molecule has 0 saturated carbocycles. The minimum atomic E-state index is 0.106. The monoisotopic (exact) mass is 369 g/mol. The van der Waals surface area contributed by atoms with Crippen molar-refractivity contribution in [3.63, 3.8) is 0 Å². The Hall–Kier alpha value is -2.28. The zero-order chi connectivity index (χ0) is 17.9. The number of hydrogen-bond acceptors (Lipinski definition) is 5. The first-order valence-electron chi connectivity index (χ1n) is 9.26. The van der Waals surface area contributed by atoms with E-state index in [4.69, 9.17) is 0 Å². The fraction of sp³-hybridized carbons (Fsp3) is 0.474. The molecule has 136 valence electrons. The molecule has 0 atom stereocenters. The number of imidazole rings is 1. The lowest BCUT2D eigenvalue weighted by atomic mass is 9.96. The molecule has 1 aliphatic heterocycles. The Balaban J connectivity index is 1.38. The largest absolute Gasteiger partial charge is 0.338 e. The van der Waals surface area contributed by atoms with Crippen LogP contribution in [0.25, 0.3) is 11.0 Å². The van der Waals surface area contributed by atoms with Gasteiger partial charge in [-0.3, -0.25) is 4.79 Å². The number of aryl methyl sites for hydroxylation is 1. The Morgan fingerprint density at radius 1 is 1.27 bits per heavy atom. The van der Waals surface area contributed by atoms with Crippen LogP contribution in [0.2, 0.25) is 0 Å². The lowest BCUT2D eigenvalue weighted by Gasteiger charge is -2.32. The number of piperidine rings is 1. The Morgan fingerprint density at radius 3 is 2.88 bits per heavy atom. The number of para-hydroxylation sites is 2. The molecule has 2 aromatic heterocycles. The van der Waals surface area contributed by atoms with Gasteiger partial charge in [0, 0.05) is 19.6 Å². The van der Waals surface area contributed by atoms with Crippen molar-refractivity contribution in [1.82, 2.24) is 24.0 Å². The summed E-state index contributed by atoms with van der Waals surface area (Å²) in [6.07, 6.45) is 5.78. The second-order valence-corrected chi connectivity index (χ2v) is 7.67. The van der Waals surface area contributed by atoms with Crippen LogP contribution in [-0.4, -0.2) is 43.0 Å². The molecule has 1 fully saturated rings. The van der Waals surface area contributed by atoms with Crippen molar-refractivity contribution >= 4 is 28.5 Å². The molecule has 0 radical (unpaired) electrons. The highest BCUT2D eigenvalue weighted by Gasteiger charge is 2.27. The maximum Gasteiger partial charge on any atom is 0.267 e. The molecule has 0 N–H and O–H groups in total. The molecular weight excluding hydrogens is 346 g/mol. The minimum Gasteiger partial charge on any atom is -0.338 e. The molecule has 1 aliphatic rings. The molecule has 0 unspecified atom stereocenters. The maximum absolute atomic E-state index is 12.8. The highest BCUT2D eigenvalue weighted by atomic mass is 32.1. The van der Waals surface area contributed by atoms with Crippen LogP contribution >= 0.6 is 11.5 Å². The quantitative estimate of drug-likeness (QED) is 0.691. The first-order valence-corrected chi connectivity index (χ1v) is 10.0. The van der Waals surface area contributed by atoms with E-state index >= 15 is 0 Å². The van der Waals surface area contributed by atoms with Crippen LogP contribution in [-0.2, 0) is 13.0 Å². The average molecular weight is 369 g/mol. The van der Waals surface area contributed by atoms with Gasteiger partial charge in [-0.25, -0.2) is 4.98 Å². The van der Waals surface area contributed by atoms with Gasteiger partial charge < -0.3 is 9.47 Å². The van der Waals surface area contributed by atoms with Gasteiger partial charge in [0.05, 0.1) is 23.1 Å². The van der Waals surface area contributed by atoms with Gasteiger partial charge in [0.2, 0.25) is 0 Å². The predicted molar refractivity (Wildman–Crippen MR) is 102 cm³/mol. The Kier molecular flexibility index (Phi) is 4.97. The fourth-order valence-corrected chi connectivity index (χ4v) is 4.34. The SMILES string of the molecule is CCCc1nnsc1C(=O)N1CCC(Cn2cnc3ccccc32)CC1. The van der Waals surface area contributed by atoms with E-state index in [1.54, 1.807) is 0 Å². The van der Waals surface area contributed by atoms with Gasteiger partial charge in [-0.2, -0.15) is 0 Å². The first kappa shape index (κ1) is 17.1. The minimum absolute atomic E-state index is 0.106. The standard InChI is InChI=1S/C19H23N5OS/c1-2-5-16-18(26-22-21-16)19(25)23-10-8-14(9-11-23)12-24-13-20-15-6-3-4-7-17(15)24/h3-4,6-7,13-14H,2,5,8-12H2,1H3. The molecule has 1 aromatic carbocycles. The lowest BCUT2D eigenvalue weighted by molar-refractivity contribution is 0.0687. The molecule has 4 rings (SSSR count). The summed E-state index contributed by atoms with van der Waals surface area (Å²) in [5.74, 6) is 0.682. The van der Waals surface area contributed by atoms with Crippen molar-refractivity contribution in [1.29, 1.82) is 0 Å². The van der Waals surface area contributed by atoms with Crippen LogP contribution in [0.4, 0.5) is 0 Å². The van der Waals surface area contributed by atoms with E-state index in [1.807, 2.05) is 23.4 Å². The summed E-state index contributed by atoms with van der Waals surface area (Å²) in [6.45, 7) is 4.67. The molecule has 3 heterocycles. The number of fused-ring (bicyclic) bond motifs is 1. The Bertz CT molecular complexity index is 894. The summed E-state index contributed by atoms with van der Waals surface area (Å²) in [7, 11) is 0. The highest BCUT2D eigenvalue weighted by molar-refractivity contribution is 7.08. The second kappa shape index (κ2) is 7.53. The van der Waals surface area contributed by atoms with E-state index in [9.17, 15) is 4.79 Å². The van der Waals surface area contributed by atoms with Crippen LogP contribution in [0.3, 0.4) is 0 Å². The predicted octanol–water partition coefficient (Wildman–Crippen LogP) is 3.39. The lowest BCUT2D eigenvalue weighted by Crippen LogP contribution is -2.39. The van der Waals surface area contributed by atoms with E-state index in [0.29, 0.717) is 5.92 Å². The van der Waals surface area contributed by atoms with Crippen LogP contribution < -0.4 is 0 Å². The molecule has 7 heteroatoms. The van der Waals surface area contributed by atoms with Gasteiger partial charge in [-0.1, -0.05) is 30.0 Å². The van der Waals surface area contributed by atoms with Crippen LogP contribution in [0.15, 0.2) is 30.6 Å². The van der Waals surface area contributed by atoms with Gasteiger partial charge in [0.15, 0.2) is 0 Å². The highest BCUT2D eigenvalue weighted by Crippen LogP contribution is 2.24. The number of rotatable bonds is 5. The Labute approximate surface area is 157 Å².